The highest BCUT2D eigenvalue weighted by Gasteiger charge is 2.11. The first-order valence-corrected chi connectivity index (χ1v) is 7.06. The molecule has 2 aromatic carbocycles. The number of rotatable bonds is 5. The predicted octanol–water partition coefficient (Wildman–Crippen LogP) is 4.88. The van der Waals surface area contributed by atoms with Crippen molar-refractivity contribution in [1.82, 2.24) is 0 Å². The van der Waals surface area contributed by atoms with Gasteiger partial charge in [0.25, 0.3) is 0 Å². The van der Waals surface area contributed by atoms with Crippen LogP contribution in [0.25, 0.3) is 0 Å². The van der Waals surface area contributed by atoms with Crippen LogP contribution in [0.3, 0.4) is 0 Å². The van der Waals surface area contributed by atoms with E-state index in [2.05, 4.69) is 0 Å². The normalized spacial score (nSPS) is 12.0. The second kappa shape index (κ2) is 6.87. The molecule has 0 spiro atoms. The molecular formula is C16H16Cl2O2. The van der Waals surface area contributed by atoms with Crippen molar-refractivity contribution in [2.45, 2.75) is 11.8 Å². The molecule has 0 saturated heterocycles. The highest BCUT2D eigenvalue weighted by Crippen LogP contribution is 2.32. The molecule has 2 aromatic rings. The molecule has 0 saturated carbocycles. The van der Waals surface area contributed by atoms with E-state index >= 15 is 0 Å². The molecule has 0 amide bonds. The topological polar surface area (TPSA) is 18.5 Å². The van der Waals surface area contributed by atoms with Gasteiger partial charge in [-0.1, -0.05) is 29.8 Å². The van der Waals surface area contributed by atoms with Crippen molar-refractivity contribution in [3.63, 3.8) is 0 Å². The van der Waals surface area contributed by atoms with Gasteiger partial charge in [0.05, 0.1) is 24.6 Å². The Bertz CT molecular complexity index is 567. The van der Waals surface area contributed by atoms with Crippen LogP contribution >= 0.6 is 23.2 Å². The van der Waals surface area contributed by atoms with Crippen molar-refractivity contribution in [1.29, 1.82) is 0 Å². The largest absolute Gasteiger partial charge is 0.497 e. The first-order chi connectivity index (χ1) is 9.63. The van der Waals surface area contributed by atoms with E-state index in [1.54, 1.807) is 14.2 Å². The SMILES string of the molecule is COc1ccc(CC(Cl)c2ccc(OC)c(Cl)c2)cc1. The van der Waals surface area contributed by atoms with Gasteiger partial charge in [-0.3, -0.25) is 0 Å². The Labute approximate surface area is 129 Å². The van der Waals surface area contributed by atoms with Gasteiger partial charge in [0, 0.05) is 0 Å². The lowest BCUT2D eigenvalue weighted by atomic mass is 10.0. The van der Waals surface area contributed by atoms with Crippen LogP contribution in [0.15, 0.2) is 42.5 Å². The van der Waals surface area contributed by atoms with Gasteiger partial charge >= 0.3 is 0 Å². The molecule has 0 bridgehead atoms. The summed E-state index contributed by atoms with van der Waals surface area (Å²) in [6.45, 7) is 0. The Balaban J connectivity index is 2.10. The summed E-state index contributed by atoms with van der Waals surface area (Å²) in [5, 5.41) is 0.442. The second-order valence-electron chi connectivity index (χ2n) is 4.41. The van der Waals surface area contributed by atoms with Gasteiger partial charge in [0.1, 0.15) is 11.5 Å². The van der Waals surface area contributed by atoms with Crippen LogP contribution in [0.2, 0.25) is 5.02 Å². The van der Waals surface area contributed by atoms with Crippen molar-refractivity contribution in [3.05, 3.63) is 58.6 Å². The monoisotopic (exact) mass is 310 g/mol. The van der Waals surface area contributed by atoms with E-state index in [9.17, 15) is 0 Å². The van der Waals surface area contributed by atoms with Gasteiger partial charge in [0.2, 0.25) is 0 Å². The Morgan fingerprint density at radius 2 is 1.70 bits per heavy atom. The average molecular weight is 311 g/mol. The lowest BCUT2D eigenvalue weighted by Crippen LogP contribution is -1.97. The maximum atomic E-state index is 6.45. The van der Waals surface area contributed by atoms with E-state index in [0.717, 1.165) is 23.3 Å². The van der Waals surface area contributed by atoms with E-state index in [1.165, 1.54) is 0 Å². The van der Waals surface area contributed by atoms with Crippen molar-refractivity contribution in [3.8, 4) is 11.5 Å². The Kier molecular flexibility index (Phi) is 5.16. The molecule has 106 valence electrons. The number of hydrogen-bond donors (Lipinski definition) is 0. The summed E-state index contributed by atoms with van der Waals surface area (Å²) < 4.78 is 10.3. The maximum Gasteiger partial charge on any atom is 0.137 e. The second-order valence-corrected chi connectivity index (χ2v) is 5.35. The number of methoxy groups -OCH3 is 2. The predicted molar refractivity (Wildman–Crippen MR) is 83.3 cm³/mol. The third kappa shape index (κ3) is 3.59. The number of benzene rings is 2. The maximum absolute atomic E-state index is 6.45. The van der Waals surface area contributed by atoms with Crippen molar-refractivity contribution in [2.75, 3.05) is 14.2 Å². The van der Waals surface area contributed by atoms with Gasteiger partial charge in [-0.25, -0.2) is 0 Å². The van der Waals surface area contributed by atoms with Gasteiger partial charge < -0.3 is 9.47 Å². The standard InChI is InChI=1S/C16H16Cl2O2/c1-19-13-6-3-11(4-7-13)9-14(17)12-5-8-16(20-2)15(18)10-12/h3-8,10,14H,9H2,1-2H3. The molecule has 0 radical (unpaired) electrons. The number of ether oxygens (including phenoxy) is 2. The van der Waals surface area contributed by atoms with E-state index in [0.29, 0.717) is 10.8 Å². The van der Waals surface area contributed by atoms with Crippen molar-refractivity contribution in [2.24, 2.45) is 0 Å². The minimum Gasteiger partial charge on any atom is -0.497 e. The highest BCUT2D eigenvalue weighted by atomic mass is 35.5. The first kappa shape index (κ1) is 15.0. The summed E-state index contributed by atoms with van der Waals surface area (Å²) in [7, 11) is 3.25. The smallest absolute Gasteiger partial charge is 0.137 e. The third-order valence-corrected chi connectivity index (χ3v) is 3.81. The Morgan fingerprint density at radius 1 is 1.00 bits per heavy atom. The van der Waals surface area contributed by atoms with Crippen LogP contribution in [0, 0.1) is 0 Å². The molecule has 4 heteroatoms. The van der Waals surface area contributed by atoms with E-state index in [4.69, 9.17) is 32.7 Å². The van der Waals surface area contributed by atoms with Gasteiger partial charge in [-0.15, -0.1) is 11.6 Å². The number of halogens is 2. The van der Waals surface area contributed by atoms with Gasteiger partial charge in [-0.2, -0.15) is 0 Å². The van der Waals surface area contributed by atoms with Crippen LogP contribution in [-0.2, 0) is 6.42 Å². The molecule has 0 N–H and O–H groups in total. The lowest BCUT2D eigenvalue weighted by Gasteiger charge is -2.12. The molecule has 0 heterocycles. The molecule has 0 fully saturated rings. The van der Waals surface area contributed by atoms with Crippen LogP contribution in [-0.4, -0.2) is 14.2 Å². The van der Waals surface area contributed by atoms with Crippen LogP contribution in [0.1, 0.15) is 16.5 Å². The molecule has 2 rings (SSSR count). The number of hydrogen-bond acceptors (Lipinski definition) is 2. The van der Waals surface area contributed by atoms with Gasteiger partial charge in [-0.05, 0) is 41.8 Å². The molecule has 0 aliphatic heterocycles. The zero-order valence-corrected chi connectivity index (χ0v) is 12.9. The summed E-state index contributed by atoms with van der Waals surface area (Å²) >= 11 is 12.6. The fraction of sp³-hybridized carbons (Fsp3) is 0.250. The molecule has 20 heavy (non-hydrogen) atoms. The highest BCUT2D eigenvalue weighted by molar-refractivity contribution is 6.32. The molecular weight excluding hydrogens is 295 g/mol. The zero-order valence-electron chi connectivity index (χ0n) is 11.4. The fourth-order valence-electron chi connectivity index (χ4n) is 1.96. The number of alkyl halides is 1. The molecule has 0 aromatic heterocycles. The van der Waals surface area contributed by atoms with Crippen molar-refractivity contribution >= 4 is 23.2 Å². The summed E-state index contributed by atoms with van der Waals surface area (Å²) in [6.07, 6.45) is 0.730. The van der Waals surface area contributed by atoms with E-state index < -0.39 is 0 Å². The lowest BCUT2D eigenvalue weighted by molar-refractivity contribution is 0.414. The third-order valence-electron chi connectivity index (χ3n) is 3.11. The van der Waals surface area contributed by atoms with Crippen LogP contribution < -0.4 is 9.47 Å². The molecule has 1 atom stereocenters. The van der Waals surface area contributed by atoms with Gasteiger partial charge in [0.15, 0.2) is 0 Å². The zero-order chi connectivity index (χ0) is 14.5. The van der Waals surface area contributed by atoms with E-state index in [-0.39, 0.29) is 5.38 Å². The Morgan fingerprint density at radius 3 is 2.25 bits per heavy atom. The average Bonchev–Trinajstić information content (AvgIpc) is 2.48. The van der Waals surface area contributed by atoms with Crippen LogP contribution in [0.5, 0.6) is 11.5 Å². The van der Waals surface area contributed by atoms with Crippen LogP contribution in [0.4, 0.5) is 0 Å². The summed E-state index contributed by atoms with van der Waals surface area (Å²) in [4.78, 5) is 0. The minimum absolute atomic E-state index is 0.133. The fourth-order valence-corrected chi connectivity index (χ4v) is 2.54. The van der Waals surface area contributed by atoms with Crippen molar-refractivity contribution < 1.29 is 9.47 Å². The van der Waals surface area contributed by atoms with E-state index in [1.807, 2.05) is 42.5 Å². The molecule has 0 aliphatic rings. The Hall–Kier alpha value is -1.38. The quantitative estimate of drug-likeness (QED) is 0.733. The molecule has 0 aliphatic carbocycles. The summed E-state index contributed by atoms with van der Waals surface area (Å²) in [5.74, 6) is 1.50. The molecule has 1 unspecified atom stereocenters. The summed E-state index contributed by atoms with van der Waals surface area (Å²) in [5.41, 5.74) is 2.13. The molecule has 2 nitrogen and oxygen atoms in total. The summed E-state index contributed by atoms with van der Waals surface area (Å²) in [6, 6.07) is 13.5. The minimum atomic E-state index is -0.133. The first-order valence-electron chi connectivity index (χ1n) is 6.24.